The highest BCUT2D eigenvalue weighted by Gasteiger charge is 2.37. The van der Waals surface area contributed by atoms with Crippen molar-refractivity contribution in [1.82, 2.24) is 5.32 Å². The molecule has 1 aliphatic carbocycles. The fraction of sp³-hybridized carbons (Fsp3) is 0.571. The van der Waals surface area contributed by atoms with Crippen molar-refractivity contribution in [2.24, 2.45) is 5.41 Å². The first-order valence-corrected chi connectivity index (χ1v) is 7.05. The molecule has 1 saturated heterocycles. The number of hydrogen-bond acceptors (Lipinski definition) is 1. The van der Waals surface area contributed by atoms with Crippen molar-refractivity contribution in [1.29, 1.82) is 0 Å². The van der Waals surface area contributed by atoms with Gasteiger partial charge in [-0.1, -0.05) is 28.1 Å². The molecule has 0 amide bonds. The number of rotatable bonds is 0. The van der Waals surface area contributed by atoms with E-state index in [1.54, 1.807) is 11.1 Å². The molecule has 1 N–H and O–H groups in total. The Bertz CT molecular complexity index is 392. The van der Waals surface area contributed by atoms with Gasteiger partial charge in [-0.2, -0.15) is 0 Å². The van der Waals surface area contributed by atoms with Gasteiger partial charge in [0.1, 0.15) is 0 Å². The highest BCUT2D eigenvalue weighted by Crippen LogP contribution is 2.45. The zero-order valence-electron chi connectivity index (χ0n) is 9.56. The second kappa shape index (κ2) is 4.15. The zero-order chi connectivity index (χ0) is 11.0. The third-order valence-electron chi connectivity index (χ3n) is 4.23. The number of hydrogen-bond donors (Lipinski definition) is 1. The third kappa shape index (κ3) is 1.82. The number of halogens is 1. The molecule has 1 atom stereocenters. The summed E-state index contributed by atoms with van der Waals surface area (Å²) < 4.78 is 1.32. The van der Waals surface area contributed by atoms with Crippen LogP contribution in [0, 0.1) is 5.41 Å². The molecule has 1 aliphatic heterocycles. The van der Waals surface area contributed by atoms with Crippen LogP contribution in [0.1, 0.15) is 30.4 Å². The molecular formula is C14H18BrN. The van der Waals surface area contributed by atoms with Crippen molar-refractivity contribution >= 4 is 15.9 Å². The lowest BCUT2D eigenvalue weighted by molar-refractivity contribution is 0.268. The monoisotopic (exact) mass is 279 g/mol. The van der Waals surface area contributed by atoms with Crippen LogP contribution in [0.15, 0.2) is 22.7 Å². The van der Waals surface area contributed by atoms with E-state index in [-0.39, 0.29) is 0 Å². The Morgan fingerprint density at radius 2 is 2.06 bits per heavy atom. The second-order valence-corrected chi connectivity index (χ2v) is 6.19. The maximum atomic E-state index is 3.70. The first-order valence-electron chi connectivity index (χ1n) is 6.26. The van der Waals surface area contributed by atoms with E-state index in [0.29, 0.717) is 5.41 Å². The molecule has 16 heavy (non-hydrogen) atoms. The van der Waals surface area contributed by atoms with Gasteiger partial charge in [0.05, 0.1) is 0 Å². The minimum absolute atomic E-state index is 0.565. The average molecular weight is 280 g/mol. The normalized spacial score (nSPS) is 29.1. The van der Waals surface area contributed by atoms with Crippen LogP contribution in [-0.2, 0) is 12.8 Å². The smallest absolute Gasteiger partial charge is 0.0210 e. The maximum Gasteiger partial charge on any atom is 0.0210 e. The van der Waals surface area contributed by atoms with Gasteiger partial charge in [-0.25, -0.2) is 0 Å². The van der Waals surface area contributed by atoms with Gasteiger partial charge in [-0.05, 0) is 67.8 Å². The molecule has 0 radical (unpaired) electrons. The summed E-state index contributed by atoms with van der Waals surface area (Å²) in [5.74, 6) is 0. The average Bonchev–Trinajstić information content (AvgIpc) is 2.48. The Labute approximate surface area is 106 Å². The highest BCUT2D eigenvalue weighted by molar-refractivity contribution is 9.10. The SMILES string of the molecule is Brc1cccc2c1CC1(CCCNCC1)C2. The molecule has 0 aromatic heterocycles. The van der Waals surface area contributed by atoms with Gasteiger partial charge < -0.3 is 5.32 Å². The van der Waals surface area contributed by atoms with E-state index in [1.807, 2.05) is 0 Å². The molecule has 1 aromatic carbocycles. The lowest BCUT2D eigenvalue weighted by atomic mass is 9.78. The van der Waals surface area contributed by atoms with Crippen molar-refractivity contribution in [2.45, 2.75) is 32.1 Å². The topological polar surface area (TPSA) is 12.0 Å². The van der Waals surface area contributed by atoms with Gasteiger partial charge in [-0.3, -0.25) is 0 Å². The molecule has 1 aromatic rings. The van der Waals surface area contributed by atoms with Crippen LogP contribution in [0.5, 0.6) is 0 Å². The van der Waals surface area contributed by atoms with E-state index in [2.05, 4.69) is 39.4 Å². The quantitative estimate of drug-likeness (QED) is 0.769. The molecule has 1 fully saturated rings. The van der Waals surface area contributed by atoms with Crippen LogP contribution < -0.4 is 5.32 Å². The molecule has 86 valence electrons. The van der Waals surface area contributed by atoms with Crippen molar-refractivity contribution in [2.75, 3.05) is 13.1 Å². The van der Waals surface area contributed by atoms with Crippen LogP contribution in [-0.4, -0.2) is 13.1 Å². The molecular weight excluding hydrogens is 262 g/mol. The lowest BCUT2D eigenvalue weighted by Crippen LogP contribution is -2.23. The summed E-state index contributed by atoms with van der Waals surface area (Å²) >= 11 is 3.70. The predicted octanol–water partition coefficient (Wildman–Crippen LogP) is 3.31. The van der Waals surface area contributed by atoms with Crippen molar-refractivity contribution < 1.29 is 0 Å². The van der Waals surface area contributed by atoms with Crippen molar-refractivity contribution in [3.63, 3.8) is 0 Å². The van der Waals surface area contributed by atoms with E-state index in [4.69, 9.17) is 0 Å². The van der Waals surface area contributed by atoms with E-state index in [9.17, 15) is 0 Å². The second-order valence-electron chi connectivity index (χ2n) is 5.33. The number of nitrogens with one attached hydrogen (secondary N) is 1. The van der Waals surface area contributed by atoms with E-state index < -0.39 is 0 Å². The summed E-state index contributed by atoms with van der Waals surface area (Å²) in [4.78, 5) is 0. The molecule has 1 spiro atoms. The van der Waals surface area contributed by atoms with Crippen molar-refractivity contribution in [3.8, 4) is 0 Å². The Balaban J connectivity index is 1.90. The summed E-state index contributed by atoms with van der Waals surface area (Å²) in [6, 6.07) is 6.68. The summed E-state index contributed by atoms with van der Waals surface area (Å²) in [7, 11) is 0. The summed E-state index contributed by atoms with van der Waals surface area (Å²) in [6.07, 6.45) is 6.65. The van der Waals surface area contributed by atoms with Crippen molar-refractivity contribution in [3.05, 3.63) is 33.8 Å². The Morgan fingerprint density at radius 3 is 2.94 bits per heavy atom. The van der Waals surface area contributed by atoms with E-state index in [1.165, 1.54) is 49.7 Å². The van der Waals surface area contributed by atoms with E-state index in [0.717, 1.165) is 0 Å². The van der Waals surface area contributed by atoms with Gasteiger partial charge in [0.15, 0.2) is 0 Å². The van der Waals surface area contributed by atoms with Gasteiger partial charge in [0.25, 0.3) is 0 Å². The molecule has 0 bridgehead atoms. The summed E-state index contributed by atoms with van der Waals surface area (Å²) in [5, 5.41) is 3.53. The maximum absolute atomic E-state index is 3.70. The zero-order valence-corrected chi connectivity index (χ0v) is 11.1. The van der Waals surface area contributed by atoms with Crippen LogP contribution in [0.25, 0.3) is 0 Å². The molecule has 0 saturated carbocycles. The van der Waals surface area contributed by atoms with Crippen LogP contribution in [0.2, 0.25) is 0 Å². The minimum atomic E-state index is 0.565. The largest absolute Gasteiger partial charge is 0.317 e. The Hall–Kier alpha value is -0.340. The van der Waals surface area contributed by atoms with Crippen LogP contribution in [0.4, 0.5) is 0 Å². The van der Waals surface area contributed by atoms with Gasteiger partial charge in [0.2, 0.25) is 0 Å². The van der Waals surface area contributed by atoms with Gasteiger partial charge in [0, 0.05) is 4.47 Å². The Morgan fingerprint density at radius 1 is 1.12 bits per heavy atom. The molecule has 1 unspecified atom stereocenters. The number of fused-ring (bicyclic) bond motifs is 1. The summed E-state index contributed by atoms with van der Waals surface area (Å²) in [6.45, 7) is 2.41. The lowest BCUT2D eigenvalue weighted by Gasteiger charge is -2.26. The first-order chi connectivity index (χ1) is 7.79. The standard InChI is InChI=1S/C14H18BrN/c15-13-4-1-3-11-9-14(10-12(11)13)5-2-7-16-8-6-14/h1,3-4,16H,2,5-10H2. The summed E-state index contributed by atoms with van der Waals surface area (Å²) in [5.41, 5.74) is 3.72. The third-order valence-corrected chi connectivity index (χ3v) is 4.97. The Kier molecular flexibility index (Phi) is 2.80. The predicted molar refractivity (Wildman–Crippen MR) is 70.7 cm³/mol. The highest BCUT2D eigenvalue weighted by atomic mass is 79.9. The van der Waals surface area contributed by atoms with Gasteiger partial charge >= 0.3 is 0 Å². The molecule has 3 rings (SSSR count). The fourth-order valence-electron chi connectivity index (χ4n) is 3.35. The molecule has 1 nitrogen and oxygen atoms in total. The van der Waals surface area contributed by atoms with E-state index >= 15 is 0 Å². The van der Waals surface area contributed by atoms with Gasteiger partial charge in [-0.15, -0.1) is 0 Å². The molecule has 2 heteroatoms. The van der Waals surface area contributed by atoms with Crippen LogP contribution in [0.3, 0.4) is 0 Å². The number of benzene rings is 1. The minimum Gasteiger partial charge on any atom is -0.317 e. The van der Waals surface area contributed by atoms with Crippen LogP contribution >= 0.6 is 15.9 Å². The molecule has 2 aliphatic rings. The fourth-order valence-corrected chi connectivity index (χ4v) is 3.90. The molecule has 1 heterocycles. The first kappa shape index (κ1) is 10.8.